The average Bonchev–Trinajstić information content (AvgIpc) is 2.54. The summed E-state index contributed by atoms with van der Waals surface area (Å²) in [6.07, 6.45) is 2.01. The van der Waals surface area contributed by atoms with Crippen LogP contribution in [-0.4, -0.2) is 11.6 Å². The molecule has 2 nitrogen and oxygen atoms in total. The van der Waals surface area contributed by atoms with Gasteiger partial charge < -0.3 is 0 Å². The summed E-state index contributed by atoms with van der Waals surface area (Å²) in [7, 11) is 0. The molecule has 0 aliphatic heterocycles. The second kappa shape index (κ2) is 6.04. The van der Waals surface area contributed by atoms with Gasteiger partial charge in [0.05, 0.1) is 0 Å². The van der Waals surface area contributed by atoms with Crippen molar-refractivity contribution < 1.29 is 9.59 Å². The van der Waals surface area contributed by atoms with Gasteiger partial charge in [-0.05, 0) is 24.0 Å². The number of carbonyl (C=O) groups excluding carboxylic acids is 2. The monoisotopic (exact) mass is 278 g/mol. The quantitative estimate of drug-likeness (QED) is 0.801. The third-order valence-electron chi connectivity index (χ3n) is 4.25. The predicted molar refractivity (Wildman–Crippen MR) is 82.1 cm³/mol. The first kappa shape index (κ1) is 13.7. The minimum atomic E-state index is -0.226. The number of hydrogen-bond acceptors (Lipinski definition) is 2. The summed E-state index contributed by atoms with van der Waals surface area (Å²) in [6.45, 7) is 0. The molecule has 0 heterocycles. The van der Waals surface area contributed by atoms with Gasteiger partial charge >= 0.3 is 0 Å². The van der Waals surface area contributed by atoms with Gasteiger partial charge in [-0.25, -0.2) is 0 Å². The fourth-order valence-corrected chi connectivity index (χ4v) is 3.24. The van der Waals surface area contributed by atoms with Crippen LogP contribution in [0.25, 0.3) is 0 Å². The number of ketones is 2. The zero-order valence-electron chi connectivity index (χ0n) is 11.9. The maximum Gasteiger partial charge on any atom is 0.202 e. The van der Waals surface area contributed by atoms with Crippen molar-refractivity contribution in [1.82, 2.24) is 0 Å². The van der Waals surface area contributed by atoms with E-state index in [9.17, 15) is 9.59 Å². The zero-order valence-corrected chi connectivity index (χ0v) is 11.9. The van der Waals surface area contributed by atoms with Crippen LogP contribution in [0.5, 0.6) is 0 Å². The molecule has 1 unspecified atom stereocenters. The molecule has 1 aliphatic rings. The molecule has 0 radical (unpaired) electrons. The van der Waals surface area contributed by atoms with Crippen molar-refractivity contribution in [3.63, 3.8) is 0 Å². The zero-order chi connectivity index (χ0) is 14.7. The van der Waals surface area contributed by atoms with Crippen LogP contribution in [0.4, 0.5) is 0 Å². The normalized spacial score (nSPS) is 19.0. The number of hydrogen-bond donors (Lipinski definition) is 0. The molecule has 0 spiro atoms. The van der Waals surface area contributed by atoms with Crippen molar-refractivity contribution >= 4 is 11.6 Å². The molecule has 0 amide bonds. The Morgan fingerprint density at radius 1 is 0.810 bits per heavy atom. The molecule has 106 valence electrons. The van der Waals surface area contributed by atoms with E-state index in [-0.39, 0.29) is 23.4 Å². The fraction of sp³-hybridized carbons (Fsp3) is 0.263. The highest BCUT2D eigenvalue weighted by Gasteiger charge is 2.36. The van der Waals surface area contributed by atoms with Crippen molar-refractivity contribution in [3.8, 4) is 0 Å². The summed E-state index contributed by atoms with van der Waals surface area (Å²) in [5, 5.41) is 0. The lowest BCUT2D eigenvalue weighted by Gasteiger charge is -2.29. The van der Waals surface area contributed by atoms with E-state index in [0.717, 1.165) is 24.0 Å². The lowest BCUT2D eigenvalue weighted by atomic mass is 9.72. The molecule has 2 heteroatoms. The van der Waals surface area contributed by atoms with E-state index < -0.39 is 0 Å². The largest absolute Gasteiger partial charge is 0.291 e. The number of carbonyl (C=O) groups is 2. The van der Waals surface area contributed by atoms with Crippen molar-refractivity contribution in [2.45, 2.75) is 25.2 Å². The van der Waals surface area contributed by atoms with Gasteiger partial charge in [-0.1, -0.05) is 60.7 Å². The van der Waals surface area contributed by atoms with Crippen LogP contribution in [0, 0.1) is 5.92 Å². The van der Waals surface area contributed by atoms with Gasteiger partial charge in [-0.15, -0.1) is 0 Å². The van der Waals surface area contributed by atoms with Crippen LogP contribution in [0.1, 0.15) is 36.3 Å². The molecule has 0 N–H and O–H groups in total. The minimum Gasteiger partial charge on any atom is -0.291 e. The van der Waals surface area contributed by atoms with E-state index in [2.05, 4.69) is 0 Å². The summed E-state index contributed by atoms with van der Waals surface area (Å²) in [5.74, 6) is -0.651. The van der Waals surface area contributed by atoms with Crippen LogP contribution < -0.4 is 0 Å². The van der Waals surface area contributed by atoms with E-state index >= 15 is 0 Å². The van der Waals surface area contributed by atoms with Gasteiger partial charge in [0, 0.05) is 18.3 Å². The van der Waals surface area contributed by atoms with E-state index in [4.69, 9.17) is 0 Å². The summed E-state index contributed by atoms with van der Waals surface area (Å²) in [6, 6.07) is 20.1. The first-order valence-electron chi connectivity index (χ1n) is 7.44. The second-order valence-electron chi connectivity index (χ2n) is 5.59. The van der Waals surface area contributed by atoms with Gasteiger partial charge in [-0.3, -0.25) is 9.59 Å². The SMILES string of the molecule is O=C1CCCC(C(c2ccccc2)c2ccccc2)C1=O. The van der Waals surface area contributed by atoms with Crippen LogP contribution in [-0.2, 0) is 9.59 Å². The van der Waals surface area contributed by atoms with Crippen molar-refractivity contribution in [1.29, 1.82) is 0 Å². The number of rotatable bonds is 3. The maximum atomic E-state index is 12.4. The number of Topliss-reactive ketones (excluding diaryl/α,β-unsaturated/α-hetero) is 2. The average molecular weight is 278 g/mol. The Labute approximate surface area is 124 Å². The molecule has 1 fully saturated rings. The van der Waals surface area contributed by atoms with Gasteiger partial charge in [0.25, 0.3) is 0 Å². The van der Waals surface area contributed by atoms with Crippen molar-refractivity contribution in [2.24, 2.45) is 5.92 Å². The third-order valence-corrected chi connectivity index (χ3v) is 4.25. The van der Waals surface area contributed by atoms with Gasteiger partial charge in [0.15, 0.2) is 5.78 Å². The molecule has 2 aromatic carbocycles. The summed E-state index contributed by atoms with van der Waals surface area (Å²) >= 11 is 0. The molecule has 0 saturated heterocycles. The summed E-state index contributed by atoms with van der Waals surface area (Å²) in [4.78, 5) is 24.2. The van der Waals surface area contributed by atoms with E-state index in [1.807, 2.05) is 60.7 Å². The highest BCUT2D eigenvalue weighted by atomic mass is 16.2. The Kier molecular flexibility index (Phi) is 3.96. The van der Waals surface area contributed by atoms with Crippen molar-refractivity contribution in [2.75, 3.05) is 0 Å². The van der Waals surface area contributed by atoms with Crippen LogP contribution in [0.2, 0.25) is 0 Å². The topological polar surface area (TPSA) is 34.1 Å². The Balaban J connectivity index is 2.04. The Hall–Kier alpha value is -2.22. The molecule has 2 aromatic rings. The van der Waals surface area contributed by atoms with E-state index in [1.165, 1.54) is 0 Å². The van der Waals surface area contributed by atoms with Gasteiger partial charge in [0.2, 0.25) is 5.78 Å². The Morgan fingerprint density at radius 2 is 1.33 bits per heavy atom. The van der Waals surface area contributed by atoms with Gasteiger partial charge in [0.1, 0.15) is 0 Å². The first-order valence-corrected chi connectivity index (χ1v) is 7.44. The summed E-state index contributed by atoms with van der Waals surface area (Å²) in [5.41, 5.74) is 2.22. The van der Waals surface area contributed by atoms with Crippen LogP contribution >= 0.6 is 0 Å². The second-order valence-corrected chi connectivity index (χ2v) is 5.59. The molecule has 21 heavy (non-hydrogen) atoms. The third kappa shape index (κ3) is 2.80. The van der Waals surface area contributed by atoms with E-state index in [0.29, 0.717) is 6.42 Å². The van der Waals surface area contributed by atoms with Crippen LogP contribution in [0.15, 0.2) is 60.7 Å². The molecule has 1 saturated carbocycles. The Morgan fingerprint density at radius 3 is 1.86 bits per heavy atom. The Bertz CT molecular complexity index is 592. The molecule has 1 aliphatic carbocycles. The van der Waals surface area contributed by atoms with Crippen molar-refractivity contribution in [3.05, 3.63) is 71.8 Å². The molecular formula is C19H18O2. The minimum absolute atomic E-state index is 0.0239. The maximum absolute atomic E-state index is 12.4. The predicted octanol–water partition coefficient (Wildman–Crippen LogP) is 3.76. The first-order chi connectivity index (χ1) is 10.3. The smallest absolute Gasteiger partial charge is 0.202 e. The lowest BCUT2D eigenvalue weighted by Crippen LogP contribution is -2.33. The van der Waals surface area contributed by atoms with Crippen LogP contribution in [0.3, 0.4) is 0 Å². The highest BCUT2D eigenvalue weighted by molar-refractivity contribution is 6.38. The molecule has 0 bridgehead atoms. The molecule has 0 aromatic heterocycles. The molecular weight excluding hydrogens is 260 g/mol. The molecule has 1 atom stereocenters. The fourth-order valence-electron chi connectivity index (χ4n) is 3.24. The standard InChI is InChI=1S/C19H18O2/c20-17-13-7-12-16(19(17)21)18(14-8-3-1-4-9-14)15-10-5-2-6-11-15/h1-6,8-11,16,18H,7,12-13H2. The highest BCUT2D eigenvalue weighted by Crippen LogP contribution is 2.37. The lowest BCUT2D eigenvalue weighted by molar-refractivity contribution is -0.141. The van der Waals surface area contributed by atoms with E-state index in [1.54, 1.807) is 0 Å². The summed E-state index contributed by atoms with van der Waals surface area (Å²) < 4.78 is 0. The van der Waals surface area contributed by atoms with Gasteiger partial charge in [-0.2, -0.15) is 0 Å². The number of benzene rings is 2. The molecule has 3 rings (SSSR count).